The number of ether oxygens (including phenoxy) is 1. The summed E-state index contributed by atoms with van der Waals surface area (Å²) in [6.07, 6.45) is 3.55. The molecule has 4 nitrogen and oxygen atoms in total. The molecule has 2 aliphatic heterocycles. The molecule has 0 radical (unpaired) electrons. The van der Waals surface area contributed by atoms with Crippen molar-refractivity contribution in [2.75, 3.05) is 13.1 Å². The molecule has 5 unspecified atom stereocenters. The maximum Gasteiger partial charge on any atom is 0.228 e. The molecule has 2 fully saturated rings. The zero-order valence-corrected chi connectivity index (χ0v) is 11.8. The third-order valence-electron chi connectivity index (χ3n) is 4.71. The van der Waals surface area contributed by atoms with Crippen LogP contribution in [0.25, 0.3) is 0 Å². The fraction of sp³-hybridized carbons (Fsp3) is 0.929. The van der Waals surface area contributed by atoms with Crippen molar-refractivity contribution >= 4 is 5.91 Å². The van der Waals surface area contributed by atoms with Crippen LogP contribution in [0.4, 0.5) is 0 Å². The zero-order chi connectivity index (χ0) is 13.3. The van der Waals surface area contributed by atoms with Crippen LogP contribution in [-0.2, 0) is 9.53 Å². The third kappa shape index (κ3) is 2.41. The van der Waals surface area contributed by atoms with Crippen LogP contribution in [0.5, 0.6) is 0 Å². The van der Waals surface area contributed by atoms with Gasteiger partial charge in [-0.2, -0.15) is 0 Å². The first kappa shape index (κ1) is 13.8. The van der Waals surface area contributed by atoms with Gasteiger partial charge >= 0.3 is 0 Å². The molecule has 2 saturated heterocycles. The number of amides is 1. The Morgan fingerprint density at radius 3 is 2.56 bits per heavy atom. The van der Waals surface area contributed by atoms with E-state index < -0.39 is 0 Å². The summed E-state index contributed by atoms with van der Waals surface area (Å²) in [5.41, 5.74) is 5.80. The van der Waals surface area contributed by atoms with Crippen molar-refractivity contribution in [2.24, 2.45) is 17.6 Å². The lowest BCUT2D eigenvalue weighted by Gasteiger charge is -2.37. The van der Waals surface area contributed by atoms with Gasteiger partial charge in [0.15, 0.2) is 0 Å². The highest BCUT2D eigenvalue weighted by atomic mass is 16.5. The first-order chi connectivity index (χ1) is 8.56. The lowest BCUT2D eigenvalue weighted by atomic mass is 9.87. The number of piperidine rings is 1. The Labute approximate surface area is 110 Å². The molecule has 2 N–H and O–H groups in total. The summed E-state index contributed by atoms with van der Waals surface area (Å²) in [5, 5.41) is 0. The van der Waals surface area contributed by atoms with E-state index in [1.165, 1.54) is 6.42 Å². The Morgan fingerprint density at radius 1 is 1.28 bits per heavy atom. The molecule has 0 bridgehead atoms. The van der Waals surface area contributed by atoms with Crippen molar-refractivity contribution < 1.29 is 9.53 Å². The average molecular weight is 254 g/mol. The fourth-order valence-corrected chi connectivity index (χ4v) is 3.42. The highest BCUT2D eigenvalue weighted by Crippen LogP contribution is 2.34. The molecule has 1 amide bonds. The lowest BCUT2D eigenvalue weighted by molar-refractivity contribution is -0.141. The predicted octanol–water partition coefficient (Wildman–Crippen LogP) is 1.39. The zero-order valence-electron chi connectivity index (χ0n) is 11.8. The number of hydrogen-bond donors (Lipinski definition) is 1. The minimum atomic E-state index is 0.00662. The first-order valence-corrected chi connectivity index (χ1v) is 7.22. The van der Waals surface area contributed by atoms with Crippen molar-refractivity contribution in [3.63, 3.8) is 0 Å². The van der Waals surface area contributed by atoms with Crippen LogP contribution >= 0.6 is 0 Å². The van der Waals surface area contributed by atoms with Crippen LogP contribution < -0.4 is 5.73 Å². The van der Waals surface area contributed by atoms with Gasteiger partial charge < -0.3 is 15.4 Å². The van der Waals surface area contributed by atoms with E-state index in [2.05, 4.69) is 13.8 Å². The minimum absolute atomic E-state index is 0.00662. The maximum absolute atomic E-state index is 12.7. The maximum atomic E-state index is 12.7. The van der Waals surface area contributed by atoms with Gasteiger partial charge in [-0.1, -0.05) is 6.92 Å². The number of nitrogens with zero attached hydrogens (tertiary/aromatic N) is 1. The van der Waals surface area contributed by atoms with Crippen LogP contribution in [0.1, 0.15) is 40.0 Å². The second-order valence-electron chi connectivity index (χ2n) is 5.85. The fourth-order valence-electron chi connectivity index (χ4n) is 3.42. The van der Waals surface area contributed by atoms with Gasteiger partial charge in [0.25, 0.3) is 0 Å². The third-order valence-corrected chi connectivity index (χ3v) is 4.71. The summed E-state index contributed by atoms with van der Waals surface area (Å²) < 4.78 is 5.79. The molecular weight excluding hydrogens is 228 g/mol. The normalized spacial score (nSPS) is 41.1. The molecule has 0 aromatic carbocycles. The second-order valence-corrected chi connectivity index (χ2v) is 5.85. The molecule has 0 aliphatic carbocycles. The average Bonchev–Trinajstić information content (AvgIpc) is 2.62. The van der Waals surface area contributed by atoms with E-state index >= 15 is 0 Å². The number of carbonyl (C=O) groups excluding carboxylic acids is 1. The quantitative estimate of drug-likeness (QED) is 0.810. The largest absolute Gasteiger partial charge is 0.374 e. The van der Waals surface area contributed by atoms with Crippen LogP contribution in [0, 0.1) is 11.8 Å². The van der Waals surface area contributed by atoms with Gasteiger partial charge in [-0.3, -0.25) is 4.79 Å². The molecule has 104 valence electrons. The molecule has 5 atom stereocenters. The molecule has 2 aliphatic rings. The molecule has 2 heterocycles. The number of carbonyl (C=O) groups is 1. The standard InChI is InChI=1S/C14H26N2O2/c1-9-10(2)18-11(3)13(9)14(17)16-7-5-4-6-12(16)8-15/h9-13H,4-8,15H2,1-3H3. The van der Waals surface area contributed by atoms with Gasteiger partial charge in [-0.15, -0.1) is 0 Å². The van der Waals surface area contributed by atoms with Gasteiger partial charge in [0.2, 0.25) is 5.91 Å². The van der Waals surface area contributed by atoms with E-state index in [1.807, 2.05) is 11.8 Å². The van der Waals surface area contributed by atoms with E-state index in [0.29, 0.717) is 12.5 Å². The molecule has 2 rings (SSSR count). The van der Waals surface area contributed by atoms with Crippen LogP contribution in [0.15, 0.2) is 0 Å². The second kappa shape index (κ2) is 5.57. The predicted molar refractivity (Wildman–Crippen MR) is 71.1 cm³/mol. The van der Waals surface area contributed by atoms with E-state index in [4.69, 9.17) is 10.5 Å². The van der Waals surface area contributed by atoms with E-state index in [-0.39, 0.29) is 30.1 Å². The minimum Gasteiger partial charge on any atom is -0.374 e. The Kier molecular flexibility index (Phi) is 4.28. The summed E-state index contributed by atoms with van der Waals surface area (Å²) >= 11 is 0. The molecule has 4 heteroatoms. The SMILES string of the molecule is CC1OC(C)C(C(=O)N2CCCCC2CN)C1C. The summed E-state index contributed by atoms with van der Waals surface area (Å²) in [6.45, 7) is 7.65. The monoisotopic (exact) mass is 254 g/mol. The Bertz CT molecular complexity index is 308. The van der Waals surface area contributed by atoms with Crippen LogP contribution in [-0.4, -0.2) is 42.1 Å². The topological polar surface area (TPSA) is 55.6 Å². The van der Waals surface area contributed by atoms with E-state index in [0.717, 1.165) is 19.4 Å². The molecular formula is C14H26N2O2. The Hall–Kier alpha value is -0.610. The molecule has 18 heavy (non-hydrogen) atoms. The Balaban J connectivity index is 2.10. The van der Waals surface area contributed by atoms with Gasteiger partial charge in [0, 0.05) is 19.1 Å². The van der Waals surface area contributed by atoms with Gasteiger partial charge in [-0.25, -0.2) is 0 Å². The van der Waals surface area contributed by atoms with Crippen molar-refractivity contribution in [3.05, 3.63) is 0 Å². The molecule has 0 saturated carbocycles. The summed E-state index contributed by atoms with van der Waals surface area (Å²) in [4.78, 5) is 14.7. The van der Waals surface area contributed by atoms with E-state index in [9.17, 15) is 4.79 Å². The Morgan fingerprint density at radius 2 is 2.00 bits per heavy atom. The first-order valence-electron chi connectivity index (χ1n) is 7.22. The molecule has 0 aromatic rings. The summed E-state index contributed by atoms with van der Waals surface area (Å²) in [6, 6.07) is 0.238. The number of likely N-dealkylation sites (tertiary alicyclic amines) is 1. The number of rotatable bonds is 2. The lowest BCUT2D eigenvalue weighted by Crippen LogP contribution is -2.51. The summed E-state index contributed by atoms with van der Waals surface area (Å²) in [5.74, 6) is 0.564. The van der Waals surface area contributed by atoms with Crippen LogP contribution in [0.3, 0.4) is 0 Å². The summed E-state index contributed by atoms with van der Waals surface area (Å²) in [7, 11) is 0. The highest BCUT2D eigenvalue weighted by molar-refractivity contribution is 5.80. The highest BCUT2D eigenvalue weighted by Gasteiger charge is 2.44. The molecule has 0 spiro atoms. The van der Waals surface area contributed by atoms with E-state index in [1.54, 1.807) is 0 Å². The van der Waals surface area contributed by atoms with Crippen molar-refractivity contribution in [1.82, 2.24) is 4.90 Å². The van der Waals surface area contributed by atoms with Crippen molar-refractivity contribution in [2.45, 2.75) is 58.3 Å². The number of nitrogens with two attached hydrogens (primary N) is 1. The van der Waals surface area contributed by atoms with Crippen molar-refractivity contribution in [1.29, 1.82) is 0 Å². The van der Waals surface area contributed by atoms with Gasteiger partial charge in [0.1, 0.15) is 0 Å². The van der Waals surface area contributed by atoms with Crippen molar-refractivity contribution in [3.8, 4) is 0 Å². The number of hydrogen-bond acceptors (Lipinski definition) is 3. The van der Waals surface area contributed by atoms with Crippen LogP contribution in [0.2, 0.25) is 0 Å². The smallest absolute Gasteiger partial charge is 0.228 e. The molecule has 0 aromatic heterocycles. The van der Waals surface area contributed by atoms with Gasteiger partial charge in [0.05, 0.1) is 18.1 Å². The van der Waals surface area contributed by atoms with Gasteiger partial charge in [-0.05, 0) is 39.0 Å².